The molecule has 0 bridgehead atoms. The molecule has 0 aliphatic carbocycles. The normalized spacial score (nSPS) is 14.2. The molecule has 0 aliphatic heterocycles. The highest BCUT2D eigenvalue weighted by Gasteiger charge is 2.39. The van der Waals surface area contributed by atoms with Gasteiger partial charge in [0.25, 0.3) is 10.1 Å². The number of unbranched alkanes of at least 4 members (excludes halogenated alkanes) is 10. The van der Waals surface area contributed by atoms with Crippen LogP contribution < -0.4 is 0 Å². The van der Waals surface area contributed by atoms with Crippen LogP contribution in [0.5, 0.6) is 0 Å². The Kier molecular flexibility index (Phi) is 21.0. The van der Waals surface area contributed by atoms with E-state index < -0.39 is 59.1 Å². The number of carbonyl (C=O) groups is 2. The number of esters is 2. The Morgan fingerprint density at radius 2 is 1.25 bits per heavy atom. The monoisotopic (exact) mass is 540 g/mol. The Labute approximate surface area is 216 Å². The number of aliphatic hydroxyl groups is 3. The summed E-state index contributed by atoms with van der Waals surface area (Å²) in [6.45, 7) is 2.91. The van der Waals surface area contributed by atoms with E-state index in [0.29, 0.717) is 12.8 Å². The Morgan fingerprint density at radius 3 is 1.75 bits per heavy atom. The van der Waals surface area contributed by atoms with E-state index in [9.17, 15) is 28.2 Å². The maximum Gasteiger partial charge on any atom is 0.327 e. The predicted octanol–water partition coefficient (Wildman–Crippen LogP) is 3.00. The van der Waals surface area contributed by atoms with Crippen LogP contribution >= 0.6 is 0 Å². The Morgan fingerprint density at radius 1 is 0.750 bits per heavy atom. The Balaban J connectivity index is 5.01. The molecule has 0 heterocycles. The van der Waals surface area contributed by atoms with Crippen LogP contribution in [0.3, 0.4) is 0 Å². The molecule has 0 saturated carbocycles. The molecular formula is C25H48O10S. The molecule has 0 aromatic carbocycles. The number of hydrogen-bond donors (Lipinski definition) is 3. The molecule has 0 radical (unpaired) electrons. The molecule has 0 spiro atoms. The van der Waals surface area contributed by atoms with Crippen molar-refractivity contribution in [3.05, 3.63) is 0 Å². The first-order valence-electron chi connectivity index (χ1n) is 13.4. The first kappa shape index (κ1) is 34.7. The first-order valence-corrected chi connectivity index (χ1v) is 14.8. The van der Waals surface area contributed by atoms with Crippen LogP contribution in [-0.2, 0) is 33.4 Å². The van der Waals surface area contributed by atoms with Gasteiger partial charge in [0.05, 0.1) is 39.0 Å². The van der Waals surface area contributed by atoms with Crippen molar-refractivity contribution in [2.45, 2.75) is 121 Å². The number of aliphatic hydroxyl groups excluding tert-OH is 3. The summed E-state index contributed by atoms with van der Waals surface area (Å²) >= 11 is 0. The molecular weight excluding hydrogens is 492 g/mol. The molecule has 0 aromatic heterocycles. The Hall–Kier alpha value is -1.27. The van der Waals surface area contributed by atoms with Gasteiger partial charge >= 0.3 is 11.9 Å². The van der Waals surface area contributed by atoms with Crippen LogP contribution in [0.4, 0.5) is 0 Å². The van der Waals surface area contributed by atoms with Crippen molar-refractivity contribution in [2.24, 2.45) is 0 Å². The molecule has 0 aromatic rings. The zero-order valence-corrected chi connectivity index (χ0v) is 22.9. The van der Waals surface area contributed by atoms with E-state index in [0.717, 1.165) is 64.2 Å². The van der Waals surface area contributed by atoms with E-state index in [2.05, 4.69) is 13.8 Å². The molecule has 11 heteroatoms. The van der Waals surface area contributed by atoms with Crippen molar-refractivity contribution in [1.82, 2.24) is 0 Å². The third-order valence-corrected chi connectivity index (χ3v) is 7.28. The fourth-order valence-electron chi connectivity index (χ4n) is 3.51. The lowest BCUT2D eigenvalue weighted by Crippen LogP contribution is -2.39. The van der Waals surface area contributed by atoms with Gasteiger partial charge in [-0.05, 0) is 12.8 Å². The molecule has 36 heavy (non-hydrogen) atoms. The van der Waals surface area contributed by atoms with Crippen LogP contribution in [0.15, 0.2) is 0 Å². The van der Waals surface area contributed by atoms with Gasteiger partial charge in [-0.1, -0.05) is 78.1 Å². The summed E-state index contributed by atoms with van der Waals surface area (Å²) in [4.78, 5) is 25.0. The lowest BCUT2D eigenvalue weighted by Gasteiger charge is -2.21. The third kappa shape index (κ3) is 17.2. The topological polar surface area (TPSA) is 157 Å². The summed E-state index contributed by atoms with van der Waals surface area (Å²) in [5.74, 6) is -1.99. The van der Waals surface area contributed by atoms with Crippen molar-refractivity contribution >= 4 is 22.1 Å². The van der Waals surface area contributed by atoms with Crippen molar-refractivity contribution in [2.75, 3.05) is 26.4 Å². The summed E-state index contributed by atoms with van der Waals surface area (Å²) in [5, 5.41) is 26.0. The SMILES string of the molecule is CCCCCCCCOC(=O)CC(C(=O)OCCCCCCCC)S(=O)(=O)OC(CO)CC(O)CO. The van der Waals surface area contributed by atoms with Gasteiger partial charge in [-0.15, -0.1) is 0 Å². The van der Waals surface area contributed by atoms with E-state index in [1.54, 1.807) is 0 Å². The average Bonchev–Trinajstić information content (AvgIpc) is 2.85. The molecule has 3 unspecified atom stereocenters. The van der Waals surface area contributed by atoms with Crippen LogP contribution in [0.2, 0.25) is 0 Å². The highest BCUT2D eigenvalue weighted by molar-refractivity contribution is 7.88. The molecule has 3 atom stereocenters. The summed E-state index contributed by atoms with van der Waals surface area (Å²) in [6, 6.07) is 0. The summed E-state index contributed by atoms with van der Waals surface area (Å²) in [7, 11) is -4.71. The molecule has 0 rings (SSSR count). The highest BCUT2D eigenvalue weighted by atomic mass is 32.2. The highest BCUT2D eigenvalue weighted by Crippen LogP contribution is 2.18. The minimum absolute atomic E-state index is 0.0104. The minimum atomic E-state index is -4.71. The van der Waals surface area contributed by atoms with E-state index in [4.69, 9.17) is 18.8 Å². The second-order valence-electron chi connectivity index (χ2n) is 9.08. The van der Waals surface area contributed by atoms with Gasteiger partial charge in [0.15, 0.2) is 5.25 Å². The van der Waals surface area contributed by atoms with Gasteiger partial charge in [-0.3, -0.25) is 13.8 Å². The lowest BCUT2D eigenvalue weighted by atomic mass is 10.1. The summed E-state index contributed by atoms with van der Waals surface area (Å²) in [5.41, 5.74) is 0. The zero-order chi connectivity index (χ0) is 27.2. The molecule has 0 aliphatic rings. The average molecular weight is 541 g/mol. The summed E-state index contributed by atoms with van der Waals surface area (Å²) < 4.78 is 40.9. The zero-order valence-electron chi connectivity index (χ0n) is 22.1. The van der Waals surface area contributed by atoms with Crippen LogP contribution in [0, 0.1) is 0 Å². The number of carbonyl (C=O) groups excluding carboxylic acids is 2. The van der Waals surface area contributed by atoms with Gasteiger partial charge in [0.1, 0.15) is 6.10 Å². The van der Waals surface area contributed by atoms with Gasteiger partial charge in [-0.2, -0.15) is 8.42 Å². The second-order valence-corrected chi connectivity index (χ2v) is 10.8. The second kappa shape index (κ2) is 21.8. The van der Waals surface area contributed by atoms with Gasteiger partial charge in [0.2, 0.25) is 0 Å². The van der Waals surface area contributed by atoms with Gasteiger partial charge in [0, 0.05) is 6.42 Å². The number of hydrogen-bond acceptors (Lipinski definition) is 10. The van der Waals surface area contributed by atoms with Crippen molar-refractivity contribution < 1.29 is 47.0 Å². The molecule has 10 nitrogen and oxygen atoms in total. The fraction of sp³-hybridized carbons (Fsp3) is 0.920. The van der Waals surface area contributed by atoms with E-state index in [1.807, 2.05) is 0 Å². The van der Waals surface area contributed by atoms with Crippen LogP contribution in [0.1, 0.15) is 104 Å². The molecule has 0 amide bonds. The van der Waals surface area contributed by atoms with E-state index in [1.165, 1.54) is 0 Å². The van der Waals surface area contributed by atoms with E-state index in [-0.39, 0.29) is 19.6 Å². The van der Waals surface area contributed by atoms with Crippen LogP contribution in [0.25, 0.3) is 0 Å². The first-order chi connectivity index (χ1) is 17.2. The van der Waals surface area contributed by atoms with E-state index >= 15 is 0 Å². The number of ether oxygens (including phenoxy) is 2. The maximum absolute atomic E-state index is 12.8. The Bertz CT molecular complexity index is 668. The maximum atomic E-state index is 12.8. The molecule has 214 valence electrons. The van der Waals surface area contributed by atoms with Crippen molar-refractivity contribution in [3.63, 3.8) is 0 Å². The molecule has 0 fully saturated rings. The van der Waals surface area contributed by atoms with Gasteiger partial charge in [-0.25, -0.2) is 0 Å². The molecule has 0 saturated heterocycles. The predicted molar refractivity (Wildman–Crippen MR) is 136 cm³/mol. The summed E-state index contributed by atoms with van der Waals surface area (Å²) in [6.07, 6.45) is 7.68. The van der Waals surface area contributed by atoms with Gasteiger partial charge < -0.3 is 24.8 Å². The quantitative estimate of drug-likeness (QED) is 0.0944. The third-order valence-electron chi connectivity index (χ3n) is 5.69. The minimum Gasteiger partial charge on any atom is -0.466 e. The van der Waals surface area contributed by atoms with Crippen molar-refractivity contribution in [3.8, 4) is 0 Å². The van der Waals surface area contributed by atoms with Crippen LogP contribution in [-0.4, -0.2) is 79.6 Å². The standard InChI is InChI=1S/C25H48O10S/c1-3-5-7-9-11-13-15-33-24(29)18-23(25(30)34-16-14-12-10-8-6-4-2)36(31,32)35-22(20-27)17-21(28)19-26/h21-23,26-28H,3-20H2,1-2H3. The lowest BCUT2D eigenvalue weighted by molar-refractivity contribution is -0.150. The smallest absolute Gasteiger partial charge is 0.327 e. The van der Waals surface area contributed by atoms with Crippen molar-refractivity contribution in [1.29, 1.82) is 0 Å². The fourth-order valence-corrected chi connectivity index (χ4v) is 4.81. The number of rotatable bonds is 24. The molecule has 3 N–H and O–H groups in total. The largest absolute Gasteiger partial charge is 0.466 e.